The number of hydrogen-bond acceptors (Lipinski definition) is 3. The van der Waals surface area contributed by atoms with E-state index in [4.69, 9.17) is 0 Å². The standard InChI is InChI=1S/C15H21N3S/c1-11(2)16-10-14-12(3)17-18(15(14)19-4)13-8-6-5-7-9-13/h5-9,11,16H,10H2,1-4H3. The lowest BCUT2D eigenvalue weighted by Gasteiger charge is -2.10. The number of benzene rings is 1. The van der Waals surface area contributed by atoms with E-state index in [2.05, 4.69) is 49.6 Å². The third-order valence-electron chi connectivity index (χ3n) is 3.02. The van der Waals surface area contributed by atoms with E-state index in [1.807, 2.05) is 22.9 Å². The molecule has 0 aliphatic rings. The highest BCUT2D eigenvalue weighted by atomic mass is 32.2. The van der Waals surface area contributed by atoms with Crippen LogP contribution in [0.1, 0.15) is 25.1 Å². The number of rotatable bonds is 5. The maximum atomic E-state index is 4.69. The minimum Gasteiger partial charge on any atom is -0.310 e. The van der Waals surface area contributed by atoms with Crippen LogP contribution >= 0.6 is 11.8 Å². The molecule has 0 spiro atoms. The second-order valence-corrected chi connectivity index (χ2v) is 5.65. The summed E-state index contributed by atoms with van der Waals surface area (Å²) in [4.78, 5) is 0. The number of para-hydroxylation sites is 1. The first-order valence-electron chi connectivity index (χ1n) is 6.54. The molecule has 0 saturated heterocycles. The highest BCUT2D eigenvalue weighted by molar-refractivity contribution is 7.98. The van der Waals surface area contributed by atoms with Crippen molar-refractivity contribution in [3.63, 3.8) is 0 Å². The van der Waals surface area contributed by atoms with Gasteiger partial charge in [-0.25, -0.2) is 4.68 Å². The fraction of sp³-hybridized carbons (Fsp3) is 0.400. The summed E-state index contributed by atoms with van der Waals surface area (Å²) in [6.07, 6.45) is 2.11. The predicted molar refractivity (Wildman–Crippen MR) is 82.1 cm³/mol. The molecule has 0 amide bonds. The number of nitrogens with one attached hydrogen (secondary N) is 1. The summed E-state index contributed by atoms with van der Waals surface area (Å²) in [7, 11) is 0. The fourth-order valence-electron chi connectivity index (χ4n) is 2.00. The van der Waals surface area contributed by atoms with Crippen LogP contribution in [0.3, 0.4) is 0 Å². The zero-order valence-corrected chi connectivity index (χ0v) is 12.8. The molecule has 0 atom stereocenters. The maximum absolute atomic E-state index is 4.69. The molecule has 4 heteroatoms. The molecule has 19 heavy (non-hydrogen) atoms. The Balaban J connectivity index is 2.38. The molecule has 2 rings (SSSR count). The highest BCUT2D eigenvalue weighted by Crippen LogP contribution is 2.26. The van der Waals surface area contributed by atoms with Gasteiger partial charge in [0.25, 0.3) is 0 Å². The smallest absolute Gasteiger partial charge is 0.104 e. The largest absolute Gasteiger partial charge is 0.310 e. The van der Waals surface area contributed by atoms with Crippen molar-refractivity contribution in [1.82, 2.24) is 15.1 Å². The third-order valence-corrected chi connectivity index (χ3v) is 3.82. The Morgan fingerprint density at radius 1 is 1.26 bits per heavy atom. The number of aromatic nitrogens is 2. The molecule has 0 radical (unpaired) electrons. The van der Waals surface area contributed by atoms with Crippen molar-refractivity contribution in [2.24, 2.45) is 0 Å². The van der Waals surface area contributed by atoms with E-state index in [1.54, 1.807) is 11.8 Å². The molecule has 0 bridgehead atoms. The Hall–Kier alpha value is -1.26. The fourth-order valence-corrected chi connectivity index (χ4v) is 2.79. The van der Waals surface area contributed by atoms with Crippen molar-refractivity contribution >= 4 is 11.8 Å². The summed E-state index contributed by atoms with van der Waals surface area (Å²) in [6, 6.07) is 10.8. The summed E-state index contributed by atoms with van der Waals surface area (Å²) in [5, 5.41) is 9.38. The normalized spacial score (nSPS) is 11.2. The minimum absolute atomic E-state index is 0.481. The summed E-state index contributed by atoms with van der Waals surface area (Å²) < 4.78 is 2.04. The third kappa shape index (κ3) is 3.19. The molecule has 3 nitrogen and oxygen atoms in total. The monoisotopic (exact) mass is 275 g/mol. The summed E-state index contributed by atoms with van der Waals surface area (Å²) in [5.41, 5.74) is 3.51. The van der Waals surface area contributed by atoms with Crippen molar-refractivity contribution in [2.75, 3.05) is 6.26 Å². The zero-order chi connectivity index (χ0) is 13.8. The van der Waals surface area contributed by atoms with Gasteiger partial charge in [-0.3, -0.25) is 0 Å². The molecule has 1 N–H and O–H groups in total. The highest BCUT2D eigenvalue weighted by Gasteiger charge is 2.15. The van der Waals surface area contributed by atoms with Gasteiger partial charge in [0.15, 0.2) is 0 Å². The Morgan fingerprint density at radius 2 is 1.95 bits per heavy atom. The quantitative estimate of drug-likeness (QED) is 0.848. The predicted octanol–water partition coefficient (Wildman–Crippen LogP) is 3.40. The molecule has 2 aromatic rings. The van der Waals surface area contributed by atoms with E-state index in [9.17, 15) is 0 Å². The second-order valence-electron chi connectivity index (χ2n) is 4.86. The maximum Gasteiger partial charge on any atom is 0.104 e. The van der Waals surface area contributed by atoms with E-state index in [-0.39, 0.29) is 0 Å². The van der Waals surface area contributed by atoms with Gasteiger partial charge in [0.05, 0.1) is 11.4 Å². The van der Waals surface area contributed by atoms with Crippen LogP contribution in [0.4, 0.5) is 0 Å². The number of thioether (sulfide) groups is 1. The first kappa shape index (κ1) is 14.2. The van der Waals surface area contributed by atoms with Gasteiger partial charge in [-0.2, -0.15) is 5.10 Å². The summed E-state index contributed by atoms with van der Waals surface area (Å²) in [6.45, 7) is 7.27. The van der Waals surface area contributed by atoms with E-state index in [1.165, 1.54) is 10.6 Å². The Kier molecular flexibility index (Phi) is 4.66. The van der Waals surface area contributed by atoms with Crippen LogP contribution in [-0.4, -0.2) is 22.1 Å². The second kappa shape index (κ2) is 6.26. The van der Waals surface area contributed by atoms with Gasteiger partial charge in [-0.05, 0) is 25.3 Å². The number of aryl methyl sites for hydroxylation is 1. The van der Waals surface area contributed by atoms with Crippen LogP contribution < -0.4 is 5.32 Å². The van der Waals surface area contributed by atoms with E-state index < -0.39 is 0 Å². The van der Waals surface area contributed by atoms with Crippen LogP contribution in [-0.2, 0) is 6.54 Å². The summed E-state index contributed by atoms with van der Waals surface area (Å²) >= 11 is 1.75. The lowest BCUT2D eigenvalue weighted by atomic mass is 10.2. The molecule has 0 aliphatic carbocycles. The molecule has 0 saturated carbocycles. The molecule has 1 aromatic carbocycles. The van der Waals surface area contributed by atoms with Crippen LogP contribution in [0, 0.1) is 6.92 Å². The van der Waals surface area contributed by atoms with Gasteiger partial charge in [-0.1, -0.05) is 32.0 Å². The topological polar surface area (TPSA) is 29.9 Å². The minimum atomic E-state index is 0.481. The number of hydrogen-bond donors (Lipinski definition) is 1. The average Bonchev–Trinajstić information content (AvgIpc) is 2.73. The first-order valence-corrected chi connectivity index (χ1v) is 7.77. The Morgan fingerprint density at radius 3 is 2.53 bits per heavy atom. The van der Waals surface area contributed by atoms with Gasteiger partial charge in [0.1, 0.15) is 5.03 Å². The number of nitrogens with zero attached hydrogens (tertiary/aromatic N) is 2. The molecule has 0 aliphatic heterocycles. The Labute approximate surface area is 119 Å². The first-order chi connectivity index (χ1) is 9.13. The van der Waals surface area contributed by atoms with Crippen LogP contribution in [0.25, 0.3) is 5.69 Å². The van der Waals surface area contributed by atoms with E-state index >= 15 is 0 Å². The molecular weight excluding hydrogens is 254 g/mol. The van der Waals surface area contributed by atoms with Gasteiger partial charge >= 0.3 is 0 Å². The van der Waals surface area contributed by atoms with Crippen molar-refractivity contribution in [2.45, 2.75) is 38.4 Å². The molecule has 102 valence electrons. The van der Waals surface area contributed by atoms with Gasteiger partial charge < -0.3 is 5.32 Å². The van der Waals surface area contributed by atoms with Crippen molar-refractivity contribution < 1.29 is 0 Å². The van der Waals surface area contributed by atoms with Gasteiger partial charge in [0, 0.05) is 18.2 Å². The molecule has 0 unspecified atom stereocenters. The SMILES string of the molecule is CSc1c(CNC(C)C)c(C)nn1-c1ccccc1. The van der Waals surface area contributed by atoms with Crippen molar-refractivity contribution in [3.05, 3.63) is 41.6 Å². The molecule has 1 heterocycles. The van der Waals surface area contributed by atoms with Crippen LogP contribution in [0.2, 0.25) is 0 Å². The van der Waals surface area contributed by atoms with Gasteiger partial charge in [-0.15, -0.1) is 11.8 Å². The summed E-state index contributed by atoms with van der Waals surface area (Å²) in [5.74, 6) is 0. The molecular formula is C15H21N3S. The van der Waals surface area contributed by atoms with Crippen molar-refractivity contribution in [3.8, 4) is 5.69 Å². The van der Waals surface area contributed by atoms with Gasteiger partial charge in [0.2, 0.25) is 0 Å². The lowest BCUT2D eigenvalue weighted by molar-refractivity contribution is 0.582. The van der Waals surface area contributed by atoms with Crippen molar-refractivity contribution in [1.29, 1.82) is 0 Å². The van der Waals surface area contributed by atoms with E-state index in [0.29, 0.717) is 6.04 Å². The zero-order valence-electron chi connectivity index (χ0n) is 12.0. The lowest BCUT2D eigenvalue weighted by Crippen LogP contribution is -2.22. The van der Waals surface area contributed by atoms with Crippen LogP contribution in [0.15, 0.2) is 35.4 Å². The average molecular weight is 275 g/mol. The Bertz CT molecular complexity index is 532. The van der Waals surface area contributed by atoms with Crippen LogP contribution in [0.5, 0.6) is 0 Å². The van der Waals surface area contributed by atoms with E-state index in [0.717, 1.165) is 17.9 Å². The molecule has 0 fully saturated rings. The molecule has 1 aromatic heterocycles.